The van der Waals surface area contributed by atoms with E-state index < -0.39 is 10.0 Å². The molecule has 1 saturated heterocycles. The van der Waals surface area contributed by atoms with Gasteiger partial charge in [-0.15, -0.1) is 0 Å². The zero-order chi connectivity index (χ0) is 19.4. The van der Waals surface area contributed by atoms with E-state index in [0.717, 1.165) is 32.1 Å². The van der Waals surface area contributed by atoms with Crippen LogP contribution in [-0.2, 0) is 14.8 Å². The predicted molar refractivity (Wildman–Crippen MR) is 101 cm³/mol. The number of benzene rings is 1. The molecule has 1 atom stereocenters. The highest BCUT2D eigenvalue weighted by atomic mass is 32.2. The van der Waals surface area contributed by atoms with Gasteiger partial charge in [0.05, 0.1) is 25.0 Å². The Morgan fingerprint density at radius 1 is 1.07 bits per heavy atom. The maximum Gasteiger partial charge on any atom is 0.243 e. The SMILES string of the molecule is COc1ccc(S(=O)(=O)N2CCC[C@@H](C(=O)NC3CCCC3)C2)cc1OC. The van der Waals surface area contributed by atoms with E-state index in [-0.39, 0.29) is 29.3 Å². The highest BCUT2D eigenvalue weighted by molar-refractivity contribution is 7.89. The molecule has 1 aromatic carbocycles. The van der Waals surface area contributed by atoms with Crippen molar-refractivity contribution in [3.05, 3.63) is 18.2 Å². The molecule has 2 aliphatic rings. The highest BCUT2D eigenvalue weighted by Crippen LogP contribution is 2.32. The van der Waals surface area contributed by atoms with Gasteiger partial charge in [-0.1, -0.05) is 12.8 Å². The lowest BCUT2D eigenvalue weighted by Crippen LogP contribution is -2.47. The second-order valence-electron chi connectivity index (χ2n) is 7.21. The molecule has 1 amide bonds. The van der Waals surface area contributed by atoms with Gasteiger partial charge in [0.25, 0.3) is 0 Å². The standard InChI is InChI=1S/C19H28N2O5S/c1-25-17-10-9-16(12-18(17)26-2)27(23,24)21-11-5-6-14(13-21)19(22)20-15-7-3-4-8-15/h9-10,12,14-15H,3-8,11,13H2,1-2H3,(H,20,22)/t14-/m1/s1. The minimum Gasteiger partial charge on any atom is -0.493 e. The molecule has 0 bridgehead atoms. The summed E-state index contributed by atoms with van der Waals surface area (Å²) < 4.78 is 37.9. The maximum atomic E-state index is 13.1. The average Bonchev–Trinajstić information content (AvgIpc) is 3.20. The quantitative estimate of drug-likeness (QED) is 0.797. The van der Waals surface area contributed by atoms with Crippen LogP contribution >= 0.6 is 0 Å². The number of carbonyl (C=O) groups is 1. The van der Waals surface area contributed by atoms with Gasteiger partial charge in [0.1, 0.15) is 0 Å². The number of hydrogen-bond acceptors (Lipinski definition) is 5. The van der Waals surface area contributed by atoms with Gasteiger partial charge in [-0.05, 0) is 37.8 Å². The first kappa shape index (κ1) is 19.9. The number of sulfonamides is 1. The van der Waals surface area contributed by atoms with Gasteiger partial charge < -0.3 is 14.8 Å². The number of amides is 1. The second kappa shape index (κ2) is 8.48. The molecule has 27 heavy (non-hydrogen) atoms. The third-order valence-electron chi connectivity index (χ3n) is 5.45. The zero-order valence-corrected chi connectivity index (χ0v) is 16.8. The Bertz CT molecular complexity index is 774. The predicted octanol–water partition coefficient (Wildman–Crippen LogP) is 2.16. The van der Waals surface area contributed by atoms with Crippen molar-refractivity contribution in [2.75, 3.05) is 27.3 Å². The van der Waals surface area contributed by atoms with Gasteiger partial charge in [-0.25, -0.2) is 8.42 Å². The minimum atomic E-state index is -3.70. The van der Waals surface area contributed by atoms with E-state index in [1.807, 2.05) is 0 Å². The lowest BCUT2D eigenvalue weighted by atomic mass is 9.98. The van der Waals surface area contributed by atoms with Gasteiger partial charge in [0.15, 0.2) is 11.5 Å². The topological polar surface area (TPSA) is 84.9 Å². The molecule has 1 aliphatic heterocycles. The fraction of sp³-hybridized carbons (Fsp3) is 0.632. The number of carbonyl (C=O) groups excluding carboxylic acids is 1. The second-order valence-corrected chi connectivity index (χ2v) is 9.15. The molecule has 2 fully saturated rings. The first-order chi connectivity index (χ1) is 13.0. The van der Waals surface area contributed by atoms with Crippen LogP contribution in [0.15, 0.2) is 23.1 Å². The molecular weight excluding hydrogens is 368 g/mol. The van der Waals surface area contributed by atoms with E-state index >= 15 is 0 Å². The molecule has 1 saturated carbocycles. The van der Waals surface area contributed by atoms with Gasteiger partial charge in [-0.2, -0.15) is 4.31 Å². The first-order valence-corrected chi connectivity index (χ1v) is 10.9. The summed E-state index contributed by atoms with van der Waals surface area (Å²) in [5.74, 6) is 0.526. The fourth-order valence-electron chi connectivity index (χ4n) is 3.89. The number of rotatable bonds is 6. The molecule has 0 unspecified atom stereocenters. The summed E-state index contributed by atoms with van der Waals surface area (Å²) in [6.45, 7) is 0.638. The Balaban J connectivity index is 1.73. The van der Waals surface area contributed by atoms with Gasteiger partial charge >= 0.3 is 0 Å². The molecule has 1 N–H and O–H groups in total. The largest absolute Gasteiger partial charge is 0.493 e. The molecule has 1 aromatic rings. The van der Waals surface area contributed by atoms with Gasteiger partial charge in [-0.3, -0.25) is 4.79 Å². The van der Waals surface area contributed by atoms with Crippen LogP contribution in [-0.4, -0.2) is 52.0 Å². The van der Waals surface area contributed by atoms with Crippen LogP contribution in [0.5, 0.6) is 11.5 Å². The smallest absolute Gasteiger partial charge is 0.243 e. The van der Waals surface area contributed by atoms with Crippen molar-refractivity contribution in [1.29, 1.82) is 0 Å². The van der Waals surface area contributed by atoms with E-state index in [1.165, 1.54) is 30.7 Å². The molecular formula is C19H28N2O5S. The van der Waals surface area contributed by atoms with Crippen LogP contribution in [0.3, 0.4) is 0 Å². The van der Waals surface area contributed by atoms with Crippen LogP contribution in [0.1, 0.15) is 38.5 Å². The molecule has 0 aromatic heterocycles. The normalized spacial score (nSPS) is 21.8. The molecule has 3 rings (SSSR count). The van der Waals surface area contributed by atoms with Crippen LogP contribution in [0.2, 0.25) is 0 Å². The van der Waals surface area contributed by atoms with Gasteiger partial charge in [0, 0.05) is 25.2 Å². The molecule has 150 valence electrons. The van der Waals surface area contributed by atoms with Crippen LogP contribution < -0.4 is 14.8 Å². The average molecular weight is 397 g/mol. The first-order valence-electron chi connectivity index (χ1n) is 9.48. The molecule has 1 aliphatic carbocycles. The molecule has 7 nitrogen and oxygen atoms in total. The van der Waals surface area contributed by atoms with Crippen LogP contribution in [0.4, 0.5) is 0 Å². The van der Waals surface area contributed by atoms with E-state index in [1.54, 1.807) is 6.07 Å². The van der Waals surface area contributed by atoms with E-state index in [2.05, 4.69) is 5.32 Å². The van der Waals surface area contributed by atoms with Crippen LogP contribution in [0, 0.1) is 5.92 Å². The number of piperidine rings is 1. The molecule has 0 spiro atoms. The monoisotopic (exact) mass is 396 g/mol. The Kier molecular flexibility index (Phi) is 6.26. The van der Waals surface area contributed by atoms with Crippen molar-refractivity contribution >= 4 is 15.9 Å². The van der Waals surface area contributed by atoms with Crippen molar-refractivity contribution in [3.63, 3.8) is 0 Å². The van der Waals surface area contributed by atoms with E-state index in [9.17, 15) is 13.2 Å². The Morgan fingerprint density at radius 3 is 2.44 bits per heavy atom. The molecule has 8 heteroatoms. The van der Waals surface area contributed by atoms with Gasteiger partial charge in [0.2, 0.25) is 15.9 Å². The Hall–Kier alpha value is -1.80. The highest BCUT2D eigenvalue weighted by Gasteiger charge is 2.34. The van der Waals surface area contributed by atoms with Crippen molar-refractivity contribution in [2.45, 2.75) is 49.5 Å². The van der Waals surface area contributed by atoms with Crippen molar-refractivity contribution in [3.8, 4) is 11.5 Å². The van der Waals surface area contributed by atoms with Crippen LogP contribution in [0.25, 0.3) is 0 Å². The summed E-state index contributed by atoms with van der Waals surface area (Å²) in [6, 6.07) is 4.81. The molecule has 1 heterocycles. The number of methoxy groups -OCH3 is 2. The fourth-order valence-corrected chi connectivity index (χ4v) is 5.43. The maximum absolute atomic E-state index is 13.1. The van der Waals surface area contributed by atoms with Crippen molar-refractivity contribution < 1.29 is 22.7 Å². The third-order valence-corrected chi connectivity index (χ3v) is 7.31. The number of hydrogen-bond donors (Lipinski definition) is 1. The minimum absolute atomic E-state index is 0.0193. The Labute approximate surface area is 161 Å². The van der Waals surface area contributed by atoms with Crippen molar-refractivity contribution in [1.82, 2.24) is 9.62 Å². The number of nitrogens with zero attached hydrogens (tertiary/aromatic N) is 1. The summed E-state index contributed by atoms with van der Waals surface area (Å²) in [6.07, 6.45) is 5.73. The third kappa shape index (κ3) is 4.38. The number of ether oxygens (including phenoxy) is 2. The number of nitrogens with one attached hydrogen (secondary N) is 1. The molecule has 0 radical (unpaired) electrons. The van der Waals surface area contributed by atoms with Crippen molar-refractivity contribution in [2.24, 2.45) is 5.92 Å². The summed E-state index contributed by atoms with van der Waals surface area (Å²) in [7, 11) is -0.721. The Morgan fingerprint density at radius 2 is 1.78 bits per heavy atom. The summed E-state index contributed by atoms with van der Waals surface area (Å²) in [5, 5.41) is 3.10. The summed E-state index contributed by atoms with van der Waals surface area (Å²) in [5.41, 5.74) is 0. The zero-order valence-electron chi connectivity index (χ0n) is 15.9. The summed E-state index contributed by atoms with van der Waals surface area (Å²) in [4.78, 5) is 12.7. The lowest BCUT2D eigenvalue weighted by Gasteiger charge is -2.32. The lowest BCUT2D eigenvalue weighted by molar-refractivity contribution is -0.126. The summed E-state index contributed by atoms with van der Waals surface area (Å²) >= 11 is 0. The van der Waals surface area contributed by atoms with E-state index in [4.69, 9.17) is 9.47 Å². The van der Waals surface area contributed by atoms with E-state index in [0.29, 0.717) is 24.5 Å².